The number of carbonyl (C=O) groups is 1. The standard InChI is InChI=1S/C16H21N3O/c1-11(20)19-7-5-12(6-8-19)15-10-18(2)16-4-3-13(17)9-14(15)16/h3-4,9-10,12H,5-8,17H2,1-2H3. The molecule has 2 N–H and O–H groups in total. The Bertz CT molecular complexity index is 651. The van der Waals surface area contributed by atoms with Crippen molar-refractivity contribution >= 4 is 22.5 Å². The van der Waals surface area contributed by atoms with Gasteiger partial charge in [0, 0.05) is 49.8 Å². The molecule has 2 aromatic rings. The van der Waals surface area contributed by atoms with Crippen molar-refractivity contribution in [1.29, 1.82) is 0 Å². The first-order valence-electron chi connectivity index (χ1n) is 7.16. The lowest BCUT2D eigenvalue weighted by Crippen LogP contribution is -2.36. The molecule has 1 saturated heterocycles. The number of hydrogen-bond donors (Lipinski definition) is 1. The summed E-state index contributed by atoms with van der Waals surface area (Å²) in [5, 5.41) is 1.26. The first kappa shape index (κ1) is 13.0. The highest BCUT2D eigenvalue weighted by Gasteiger charge is 2.24. The predicted octanol–water partition coefficient (Wildman–Crippen LogP) is 2.49. The Morgan fingerprint density at radius 2 is 2.00 bits per heavy atom. The molecule has 1 aromatic heterocycles. The zero-order valence-electron chi connectivity index (χ0n) is 12.1. The molecular weight excluding hydrogens is 250 g/mol. The minimum absolute atomic E-state index is 0.186. The summed E-state index contributed by atoms with van der Waals surface area (Å²) < 4.78 is 2.17. The highest BCUT2D eigenvalue weighted by atomic mass is 16.2. The Morgan fingerprint density at radius 1 is 1.30 bits per heavy atom. The molecule has 0 saturated carbocycles. The van der Waals surface area contributed by atoms with Crippen LogP contribution in [-0.2, 0) is 11.8 Å². The van der Waals surface area contributed by atoms with Crippen molar-refractivity contribution in [1.82, 2.24) is 9.47 Å². The maximum Gasteiger partial charge on any atom is 0.219 e. The van der Waals surface area contributed by atoms with Crippen molar-refractivity contribution in [3.8, 4) is 0 Å². The molecule has 1 fully saturated rings. The quantitative estimate of drug-likeness (QED) is 0.810. The fraction of sp³-hybridized carbons (Fsp3) is 0.438. The van der Waals surface area contributed by atoms with E-state index >= 15 is 0 Å². The minimum atomic E-state index is 0.186. The predicted molar refractivity (Wildman–Crippen MR) is 81.6 cm³/mol. The van der Waals surface area contributed by atoms with Gasteiger partial charge in [0.1, 0.15) is 0 Å². The molecule has 20 heavy (non-hydrogen) atoms. The Morgan fingerprint density at radius 3 is 2.65 bits per heavy atom. The fourth-order valence-electron chi connectivity index (χ4n) is 3.27. The van der Waals surface area contributed by atoms with Crippen LogP contribution in [0.3, 0.4) is 0 Å². The normalized spacial score (nSPS) is 16.8. The second kappa shape index (κ2) is 4.85. The number of likely N-dealkylation sites (tertiary alicyclic amines) is 1. The third-order valence-electron chi connectivity index (χ3n) is 4.42. The number of fused-ring (bicyclic) bond motifs is 1. The lowest BCUT2D eigenvalue weighted by molar-refractivity contribution is -0.129. The van der Waals surface area contributed by atoms with Gasteiger partial charge >= 0.3 is 0 Å². The van der Waals surface area contributed by atoms with Crippen LogP contribution in [0.5, 0.6) is 0 Å². The highest BCUT2D eigenvalue weighted by molar-refractivity contribution is 5.87. The largest absolute Gasteiger partial charge is 0.399 e. The van der Waals surface area contributed by atoms with Crippen molar-refractivity contribution in [3.05, 3.63) is 30.0 Å². The van der Waals surface area contributed by atoms with Crippen molar-refractivity contribution in [2.45, 2.75) is 25.7 Å². The molecule has 1 aromatic carbocycles. The smallest absolute Gasteiger partial charge is 0.219 e. The average molecular weight is 271 g/mol. The van der Waals surface area contributed by atoms with Gasteiger partial charge in [-0.3, -0.25) is 4.79 Å². The molecule has 4 nitrogen and oxygen atoms in total. The van der Waals surface area contributed by atoms with Gasteiger partial charge in [-0.25, -0.2) is 0 Å². The van der Waals surface area contributed by atoms with Gasteiger partial charge in [0.05, 0.1) is 0 Å². The number of carbonyl (C=O) groups excluding carboxylic acids is 1. The number of nitrogens with zero attached hydrogens (tertiary/aromatic N) is 2. The molecule has 0 atom stereocenters. The number of anilines is 1. The van der Waals surface area contributed by atoms with Gasteiger partial charge in [-0.15, -0.1) is 0 Å². The molecule has 4 heteroatoms. The van der Waals surface area contributed by atoms with E-state index in [1.807, 2.05) is 11.0 Å². The minimum Gasteiger partial charge on any atom is -0.399 e. The van der Waals surface area contributed by atoms with Crippen LogP contribution >= 0.6 is 0 Å². The molecule has 1 amide bonds. The summed E-state index contributed by atoms with van der Waals surface area (Å²) in [6.07, 6.45) is 4.29. The molecule has 0 radical (unpaired) electrons. The highest BCUT2D eigenvalue weighted by Crippen LogP contribution is 2.34. The number of piperidine rings is 1. The summed E-state index contributed by atoms with van der Waals surface area (Å²) in [7, 11) is 2.08. The number of aryl methyl sites for hydroxylation is 1. The number of hydrogen-bond acceptors (Lipinski definition) is 2. The average Bonchev–Trinajstić information content (AvgIpc) is 2.75. The van der Waals surface area contributed by atoms with Crippen LogP contribution in [-0.4, -0.2) is 28.5 Å². The lowest BCUT2D eigenvalue weighted by atomic mass is 9.89. The Labute approximate surface area is 119 Å². The third kappa shape index (κ3) is 2.15. The van der Waals surface area contributed by atoms with Crippen LogP contribution in [0.1, 0.15) is 31.2 Å². The van der Waals surface area contributed by atoms with Crippen LogP contribution in [0.15, 0.2) is 24.4 Å². The summed E-state index contributed by atoms with van der Waals surface area (Å²) in [6.45, 7) is 3.37. The van der Waals surface area contributed by atoms with E-state index in [9.17, 15) is 4.79 Å². The molecule has 0 unspecified atom stereocenters. The summed E-state index contributed by atoms with van der Waals surface area (Å²) in [5.74, 6) is 0.710. The first-order valence-corrected chi connectivity index (χ1v) is 7.16. The third-order valence-corrected chi connectivity index (χ3v) is 4.42. The summed E-state index contributed by atoms with van der Waals surface area (Å²) in [4.78, 5) is 13.3. The number of benzene rings is 1. The molecular formula is C16H21N3O. The van der Waals surface area contributed by atoms with Crippen LogP contribution in [0, 0.1) is 0 Å². The molecule has 2 heterocycles. The van der Waals surface area contributed by atoms with Gasteiger partial charge in [0.25, 0.3) is 0 Å². The monoisotopic (exact) mass is 271 g/mol. The SMILES string of the molecule is CC(=O)N1CCC(c2cn(C)c3ccc(N)cc23)CC1. The van der Waals surface area contributed by atoms with Gasteiger partial charge in [-0.1, -0.05) is 0 Å². The molecule has 3 rings (SSSR count). The number of amides is 1. The van der Waals surface area contributed by atoms with Crippen LogP contribution in [0.2, 0.25) is 0 Å². The second-order valence-corrected chi connectivity index (χ2v) is 5.75. The van der Waals surface area contributed by atoms with E-state index in [4.69, 9.17) is 5.73 Å². The summed E-state index contributed by atoms with van der Waals surface area (Å²) in [5.41, 5.74) is 9.34. The summed E-state index contributed by atoms with van der Waals surface area (Å²) >= 11 is 0. The Balaban J connectivity index is 1.92. The summed E-state index contributed by atoms with van der Waals surface area (Å²) in [6, 6.07) is 6.10. The molecule has 1 aliphatic rings. The Hall–Kier alpha value is -1.97. The van der Waals surface area contributed by atoms with Gasteiger partial charge in [-0.2, -0.15) is 0 Å². The number of nitrogen functional groups attached to an aromatic ring is 1. The topological polar surface area (TPSA) is 51.3 Å². The molecule has 0 spiro atoms. The van der Waals surface area contributed by atoms with E-state index in [1.54, 1.807) is 6.92 Å². The maximum absolute atomic E-state index is 11.4. The number of nitrogens with two attached hydrogens (primary N) is 1. The first-order chi connectivity index (χ1) is 9.56. The van der Waals surface area contributed by atoms with E-state index in [1.165, 1.54) is 16.5 Å². The molecule has 0 bridgehead atoms. The van der Waals surface area contributed by atoms with E-state index in [2.05, 4.69) is 29.9 Å². The van der Waals surface area contributed by atoms with Crippen molar-refractivity contribution in [2.24, 2.45) is 7.05 Å². The van der Waals surface area contributed by atoms with Crippen LogP contribution in [0.25, 0.3) is 10.9 Å². The zero-order valence-corrected chi connectivity index (χ0v) is 12.1. The number of rotatable bonds is 1. The van der Waals surface area contributed by atoms with Gasteiger partial charge in [0.2, 0.25) is 5.91 Å². The molecule has 0 aliphatic carbocycles. The van der Waals surface area contributed by atoms with Gasteiger partial charge in [0.15, 0.2) is 0 Å². The van der Waals surface area contributed by atoms with E-state index in [0.717, 1.165) is 31.6 Å². The van der Waals surface area contributed by atoms with Crippen molar-refractivity contribution in [3.63, 3.8) is 0 Å². The van der Waals surface area contributed by atoms with Crippen LogP contribution < -0.4 is 5.73 Å². The maximum atomic E-state index is 11.4. The Kier molecular flexibility index (Phi) is 3.16. The zero-order chi connectivity index (χ0) is 14.3. The molecule has 106 valence electrons. The van der Waals surface area contributed by atoms with E-state index < -0.39 is 0 Å². The van der Waals surface area contributed by atoms with Gasteiger partial charge < -0.3 is 15.2 Å². The fourth-order valence-corrected chi connectivity index (χ4v) is 3.27. The lowest BCUT2D eigenvalue weighted by Gasteiger charge is -2.31. The molecule has 1 aliphatic heterocycles. The number of aromatic nitrogens is 1. The van der Waals surface area contributed by atoms with Crippen molar-refractivity contribution < 1.29 is 4.79 Å². The second-order valence-electron chi connectivity index (χ2n) is 5.75. The van der Waals surface area contributed by atoms with E-state index in [0.29, 0.717) is 5.92 Å². The van der Waals surface area contributed by atoms with E-state index in [-0.39, 0.29) is 5.91 Å². The van der Waals surface area contributed by atoms with Crippen molar-refractivity contribution in [2.75, 3.05) is 18.8 Å². The van der Waals surface area contributed by atoms with Gasteiger partial charge in [-0.05, 0) is 42.5 Å². The van der Waals surface area contributed by atoms with Crippen LogP contribution in [0.4, 0.5) is 5.69 Å².